The van der Waals surface area contributed by atoms with Crippen molar-refractivity contribution in [3.05, 3.63) is 64.5 Å². The Balaban J connectivity index is 1.73. The van der Waals surface area contributed by atoms with Crippen LogP contribution in [0.25, 0.3) is 11.5 Å². The van der Waals surface area contributed by atoms with Crippen molar-refractivity contribution in [1.82, 2.24) is 14.4 Å². The number of benzene rings is 1. The molecule has 0 atom stereocenters. The molecule has 24 heavy (non-hydrogen) atoms. The van der Waals surface area contributed by atoms with Gasteiger partial charge in [-0.25, -0.2) is 9.97 Å². The molecule has 0 aliphatic rings. The first kappa shape index (κ1) is 16.5. The van der Waals surface area contributed by atoms with Crippen molar-refractivity contribution >= 4 is 47.2 Å². The standard InChI is InChI=1S/C17H16ClN5S/c1-12-16(23-9-3-8-20-17(23)22-12)15(19-2)10-24-11-21-14-6-4-13(18)5-7-14/h3-10,21H,2,11H2,1H3/b15-10-. The van der Waals surface area contributed by atoms with Crippen molar-refractivity contribution in [2.45, 2.75) is 6.92 Å². The smallest absolute Gasteiger partial charge is 0.234 e. The summed E-state index contributed by atoms with van der Waals surface area (Å²) < 4.78 is 1.92. The zero-order valence-electron chi connectivity index (χ0n) is 13.1. The highest BCUT2D eigenvalue weighted by Gasteiger charge is 2.12. The molecular weight excluding hydrogens is 342 g/mol. The van der Waals surface area contributed by atoms with E-state index in [1.807, 2.05) is 53.3 Å². The van der Waals surface area contributed by atoms with E-state index in [0.717, 1.165) is 27.8 Å². The number of nitrogens with one attached hydrogen (secondary N) is 1. The lowest BCUT2D eigenvalue weighted by Gasteiger charge is -2.06. The third-order valence-electron chi connectivity index (χ3n) is 3.39. The fourth-order valence-corrected chi connectivity index (χ4v) is 3.09. The summed E-state index contributed by atoms with van der Waals surface area (Å²) in [5, 5.41) is 6.01. The first-order valence-electron chi connectivity index (χ1n) is 7.27. The Labute approximate surface area is 149 Å². The topological polar surface area (TPSA) is 54.6 Å². The summed E-state index contributed by atoms with van der Waals surface area (Å²) in [5.41, 5.74) is 3.57. The molecule has 0 saturated carbocycles. The van der Waals surface area contributed by atoms with Crippen molar-refractivity contribution in [3.8, 4) is 0 Å². The summed E-state index contributed by atoms with van der Waals surface area (Å²) in [6, 6.07) is 9.47. The van der Waals surface area contributed by atoms with E-state index in [4.69, 9.17) is 11.6 Å². The molecule has 1 aromatic carbocycles. The number of hydrogen-bond acceptors (Lipinski definition) is 5. The summed E-state index contributed by atoms with van der Waals surface area (Å²) in [6.07, 6.45) is 3.65. The van der Waals surface area contributed by atoms with Crippen molar-refractivity contribution in [2.24, 2.45) is 4.99 Å². The highest BCUT2D eigenvalue weighted by molar-refractivity contribution is 8.02. The Morgan fingerprint density at radius 1 is 1.42 bits per heavy atom. The highest BCUT2D eigenvalue weighted by atomic mass is 35.5. The maximum atomic E-state index is 5.88. The van der Waals surface area contributed by atoms with Gasteiger partial charge in [0.05, 0.1) is 23.0 Å². The number of hydrogen-bond donors (Lipinski definition) is 1. The molecule has 0 radical (unpaired) electrons. The number of imidazole rings is 1. The zero-order chi connectivity index (χ0) is 16.9. The van der Waals surface area contributed by atoms with Crippen LogP contribution >= 0.6 is 23.4 Å². The van der Waals surface area contributed by atoms with Crippen LogP contribution < -0.4 is 5.32 Å². The van der Waals surface area contributed by atoms with Gasteiger partial charge in [-0.15, -0.1) is 11.8 Å². The maximum absolute atomic E-state index is 5.88. The van der Waals surface area contributed by atoms with E-state index in [1.165, 1.54) is 0 Å². The fourth-order valence-electron chi connectivity index (χ4n) is 2.29. The minimum Gasteiger partial charge on any atom is -0.376 e. The largest absolute Gasteiger partial charge is 0.376 e. The van der Waals surface area contributed by atoms with Gasteiger partial charge in [0.25, 0.3) is 0 Å². The van der Waals surface area contributed by atoms with Crippen LogP contribution in [0.1, 0.15) is 11.4 Å². The van der Waals surface area contributed by atoms with E-state index < -0.39 is 0 Å². The molecule has 7 heteroatoms. The van der Waals surface area contributed by atoms with Crippen LogP contribution in [-0.4, -0.2) is 27.0 Å². The molecule has 0 fully saturated rings. The Hall–Kier alpha value is -2.31. The van der Waals surface area contributed by atoms with E-state index in [2.05, 4.69) is 27.0 Å². The summed E-state index contributed by atoms with van der Waals surface area (Å²) in [4.78, 5) is 12.9. The quantitative estimate of drug-likeness (QED) is 0.401. The number of rotatable bonds is 6. The van der Waals surface area contributed by atoms with Crippen LogP contribution in [0, 0.1) is 6.92 Å². The van der Waals surface area contributed by atoms with Crippen LogP contribution in [0.3, 0.4) is 0 Å². The molecule has 0 aliphatic carbocycles. The Morgan fingerprint density at radius 3 is 2.96 bits per heavy atom. The Bertz CT molecular complexity index is 886. The molecule has 2 aromatic heterocycles. The van der Waals surface area contributed by atoms with Gasteiger partial charge >= 0.3 is 0 Å². The second kappa shape index (κ2) is 7.51. The van der Waals surface area contributed by atoms with Crippen LogP contribution in [0.4, 0.5) is 5.69 Å². The molecule has 5 nitrogen and oxygen atoms in total. The second-order valence-corrected chi connectivity index (χ2v) is 6.29. The Morgan fingerprint density at radius 2 is 2.21 bits per heavy atom. The van der Waals surface area contributed by atoms with E-state index in [-0.39, 0.29) is 0 Å². The van der Waals surface area contributed by atoms with Gasteiger partial charge in [0.1, 0.15) is 0 Å². The third kappa shape index (κ3) is 3.60. The molecule has 2 heterocycles. The summed E-state index contributed by atoms with van der Waals surface area (Å²) in [6.45, 7) is 5.63. The predicted octanol–water partition coefficient (Wildman–Crippen LogP) is 4.49. The van der Waals surface area contributed by atoms with Gasteiger partial charge in [-0.1, -0.05) is 11.6 Å². The molecule has 0 amide bonds. The van der Waals surface area contributed by atoms with Gasteiger partial charge in [-0.3, -0.25) is 9.39 Å². The summed E-state index contributed by atoms with van der Waals surface area (Å²) in [7, 11) is 0. The monoisotopic (exact) mass is 357 g/mol. The molecule has 0 spiro atoms. The van der Waals surface area contributed by atoms with E-state index >= 15 is 0 Å². The highest BCUT2D eigenvalue weighted by Crippen LogP contribution is 2.24. The number of halogens is 1. The van der Waals surface area contributed by atoms with Crippen molar-refractivity contribution < 1.29 is 0 Å². The molecule has 122 valence electrons. The van der Waals surface area contributed by atoms with Crippen LogP contribution in [-0.2, 0) is 0 Å². The number of aryl methyl sites for hydroxylation is 1. The number of fused-ring (bicyclic) bond motifs is 1. The molecule has 3 rings (SSSR count). The SMILES string of the molecule is C=N/C(=C\SCNc1ccc(Cl)cc1)c1c(C)nc2ncccn12. The van der Waals surface area contributed by atoms with Gasteiger partial charge in [0.15, 0.2) is 0 Å². The molecule has 0 bridgehead atoms. The van der Waals surface area contributed by atoms with Crippen LogP contribution in [0.5, 0.6) is 0 Å². The molecule has 0 saturated heterocycles. The van der Waals surface area contributed by atoms with Crippen molar-refractivity contribution in [1.29, 1.82) is 0 Å². The van der Waals surface area contributed by atoms with Gasteiger partial charge in [-0.05, 0) is 44.0 Å². The van der Waals surface area contributed by atoms with Gasteiger partial charge in [-0.2, -0.15) is 0 Å². The van der Waals surface area contributed by atoms with Gasteiger partial charge in [0.2, 0.25) is 5.78 Å². The third-order valence-corrected chi connectivity index (χ3v) is 4.34. The minimum atomic E-state index is 0.656. The number of anilines is 1. The van der Waals surface area contributed by atoms with Crippen molar-refractivity contribution in [2.75, 3.05) is 11.2 Å². The molecule has 0 unspecified atom stereocenters. The lowest BCUT2D eigenvalue weighted by molar-refractivity contribution is 1.09. The minimum absolute atomic E-state index is 0.656. The average Bonchev–Trinajstić information content (AvgIpc) is 2.93. The molecule has 3 aromatic rings. The van der Waals surface area contributed by atoms with Gasteiger partial charge < -0.3 is 5.32 Å². The first-order valence-corrected chi connectivity index (χ1v) is 8.69. The van der Waals surface area contributed by atoms with Crippen LogP contribution in [0.15, 0.2) is 53.1 Å². The van der Waals surface area contributed by atoms with Crippen molar-refractivity contribution in [3.63, 3.8) is 0 Å². The normalized spacial score (nSPS) is 11.7. The number of thioether (sulfide) groups is 1. The zero-order valence-corrected chi connectivity index (χ0v) is 14.7. The van der Waals surface area contributed by atoms with E-state index in [9.17, 15) is 0 Å². The molecular formula is C17H16ClN5S. The predicted molar refractivity (Wildman–Crippen MR) is 103 cm³/mol. The molecule has 0 aliphatic heterocycles. The first-order chi connectivity index (χ1) is 11.7. The number of nitrogens with zero attached hydrogens (tertiary/aromatic N) is 4. The number of aromatic nitrogens is 3. The molecule has 1 N–H and O–H groups in total. The Kier molecular flexibility index (Phi) is 5.17. The lowest BCUT2D eigenvalue weighted by atomic mass is 10.3. The van der Waals surface area contributed by atoms with Crippen LogP contribution in [0.2, 0.25) is 5.02 Å². The fraction of sp³-hybridized carbons (Fsp3) is 0.118. The van der Waals surface area contributed by atoms with E-state index in [1.54, 1.807) is 18.0 Å². The van der Waals surface area contributed by atoms with E-state index in [0.29, 0.717) is 11.7 Å². The summed E-state index contributed by atoms with van der Waals surface area (Å²) in [5.74, 6) is 1.36. The lowest BCUT2D eigenvalue weighted by Crippen LogP contribution is -1.96. The summed E-state index contributed by atoms with van der Waals surface area (Å²) >= 11 is 7.48. The number of aliphatic imine (C=N–C) groups is 1. The van der Waals surface area contributed by atoms with Gasteiger partial charge in [0, 0.05) is 28.5 Å². The maximum Gasteiger partial charge on any atom is 0.234 e. The average molecular weight is 358 g/mol. The second-order valence-electron chi connectivity index (χ2n) is 4.99.